The van der Waals surface area contributed by atoms with E-state index >= 15 is 0 Å². The Morgan fingerprint density at radius 3 is 2.56 bits per heavy atom. The maximum Gasteiger partial charge on any atom is 0.234 e. The third-order valence-electron chi connectivity index (χ3n) is 3.17. The average Bonchev–Trinajstić information content (AvgIpc) is 2.67. The highest BCUT2D eigenvalue weighted by Gasteiger charge is 2.21. The molecule has 5 heteroatoms. The Hall–Kier alpha value is -0.650. The van der Waals surface area contributed by atoms with Crippen LogP contribution in [0.25, 0.3) is 0 Å². The molecule has 0 saturated heterocycles. The Kier molecular flexibility index (Phi) is 6.05. The molecule has 1 unspecified atom stereocenters. The van der Waals surface area contributed by atoms with Crippen LogP contribution in [0.2, 0.25) is 0 Å². The van der Waals surface area contributed by atoms with E-state index in [1.165, 1.54) is 12.8 Å². The lowest BCUT2D eigenvalue weighted by Gasteiger charge is -2.27. The van der Waals surface area contributed by atoms with Gasteiger partial charge in [0.1, 0.15) is 0 Å². The largest absolute Gasteiger partial charge is 0.388 e. The van der Waals surface area contributed by atoms with E-state index in [9.17, 15) is 9.90 Å². The van der Waals surface area contributed by atoms with Crippen molar-refractivity contribution in [2.75, 3.05) is 33.7 Å². The molecule has 3 N–H and O–H groups in total. The second-order valence-corrected chi connectivity index (χ2v) is 5.89. The number of carbonyl (C=O) groups is 1. The summed E-state index contributed by atoms with van der Waals surface area (Å²) in [5.74, 6) is 0.0301. The summed E-state index contributed by atoms with van der Waals surface area (Å²) in [6, 6.07) is 0.363. The number of hydrogen-bond donors (Lipinski definition) is 3. The summed E-state index contributed by atoms with van der Waals surface area (Å²) in [5, 5.41) is 16.1. The van der Waals surface area contributed by atoms with Gasteiger partial charge in [-0.25, -0.2) is 0 Å². The second-order valence-electron chi connectivity index (χ2n) is 5.89. The Labute approximate surface area is 110 Å². The van der Waals surface area contributed by atoms with Crippen molar-refractivity contribution in [3.63, 3.8) is 0 Å². The van der Waals surface area contributed by atoms with Crippen LogP contribution in [0.3, 0.4) is 0 Å². The van der Waals surface area contributed by atoms with Gasteiger partial charge in [0.05, 0.1) is 12.1 Å². The summed E-state index contributed by atoms with van der Waals surface area (Å²) in [6.07, 6.45) is 4.64. The van der Waals surface area contributed by atoms with Gasteiger partial charge >= 0.3 is 0 Å². The minimum absolute atomic E-state index is 0.0301. The molecule has 1 saturated carbocycles. The Bertz CT molecular complexity index is 261. The van der Waals surface area contributed by atoms with Crippen LogP contribution in [0.15, 0.2) is 0 Å². The van der Waals surface area contributed by atoms with Gasteiger partial charge in [-0.2, -0.15) is 0 Å². The van der Waals surface area contributed by atoms with Crippen LogP contribution in [-0.4, -0.2) is 61.3 Å². The van der Waals surface area contributed by atoms with Crippen LogP contribution >= 0.6 is 0 Å². The van der Waals surface area contributed by atoms with Crippen LogP contribution in [0.1, 0.15) is 32.6 Å². The van der Waals surface area contributed by atoms with E-state index in [0.717, 1.165) is 12.8 Å². The van der Waals surface area contributed by atoms with Gasteiger partial charge in [0, 0.05) is 19.1 Å². The first kappa shape index (κ1) is 15.4. The molecule has 5 nitrogen and oxygen atoms in total. The number of rotatable bonds is 7. The zero-order valence-electron chi connectivity index (χ0n) is 11.8. The number of amides is 1. The van der Waals surface area contributed by atoms with Crippen LogP contribution in [-0.2, 0) is 4.79 Å². The normalized spacial score (nSPS) is 20.1. The lowest BCUT2D eigenvalue weighted by atomic mass is 10.1. The van der Waals surface area contributed by atoms with E-state index in [4.69, 9.17) is 0 Å². The fourth-order valence-corrected chi connectivity index (χ4v) is 2.53. The van der Waals surface area contributed by atoms with Gasteiger partial charge < -0.3 is 20.6 Å². The first-order valence-corrected chi connectivity index (χ1v) is 6.76. The van der Waals surface area contributed by atoms with Crippen molar-refractivity contribution in [1.29, 1.82) is 0 Å². The van der Waals surface area contributed by atoms with E-state index in [-0.39, 0.29) is 12.5 Å². The Morgan fingerprint density at radius 2 is 2.00 bits per heavy atom. The molecule has 1 aliphatic rings. The van der Waals surface area contributed by atoms with Crippen molar-refractivity contribution in [3.8, 4) is 0 Å². The van der Waals surface area contributed by atoms with Crippen molar-refractivity contribution < 1.29 is 9.90 Å². The summed E-state index contributed by atoms with van der Waals surface area (Å²) in [7, 11) is 3.84. The highest BCUT2D eigenvalue weighted by Crippen LogP contribution is 2.17. The van der Waals surface area contributed by atoms with Crippen molar-refractivity contribution in [3.05, 3.63) is 0 Å². The molecule has 1 amide bonds. The van der Waals surface area contributed by atoms with Gasteiger partial charge in [-0.3, -0.25) is 4.79 Å². The molecule has 0 aromatic carbocycles. The van der Waals surface area contributed by atoms with Crippen molar-refractivity contribution in [1.82, 2.24) is 15.5 Å². The molecule has 0 radical (unpaired) electrons. The minimum atomic E-state index is -0.808. The quantitative estimate of drug-likeness (QED) is 0.598. The molecule has 0 aromatic heterocycles. The van der Waals surface area contributed by atoms with E-state index in [0.29, 0.717) is 19.1 Å². The molecule has 1 aliphatic carbocycles. The number of hydrogen-bond acceptors (Lipinski definition) is 4. The molecule has 1 rings (SSSR count). The minimum Gasteiger partial charge on any atom is -0.388 e. The lowest BCUT2D eigenvalue weighted by Crippen LogP contribution is -2.48. The molecule has 1 atom stereocenters. The molecular weight excluding hydrogens is 230 g/mol. The fraction of sp³-hybridized carbons (Fsp3) is 0.923. The first-order valence-electron chi connectivity index (χ1n) is 6.76. The number of nitrogens with zero attached hydrogens (tertiary/aromatic N) is 1. The van der Waals surface area contributed by atoms with E-state index in [2.05, 4.69) is 10.6 Å². The first-order chi connectivity index (χ1) is 8.39. The maximum absolute atomic E-state index is 11.6. The molecular formula is C13H27N3O2. The number of aliphatic hydroxyl groups is 1. The van der Waals surface area contributed by atoms with Gasteiger partial charge in [-0.05, 0) is 33.9 Å². The van der Waals surface area contributed by atoms with Gasteiger partial charge in [-0.15, -0.1) is 0 Å². The third-order valence-corrected chi connectivity index (χ3v) is 3.17. The monoisotopic (exact) mass is 257 g/mol. The molecule has 0 heterocycles. The number of nitrogens with one attached hydrogen (secondary N) is 2. The summed E-state index contributed by atoms with van der Waals surface area (Å²) in [5.41, 5.74) is -0.808. The zero-order chi connectivity index (χ0) is 13.6. The highest BCUT2D eigenvalue weighted by molar-refractivity contribution is 5.78. The molecule has 0 aromatic rings. The SMILES string of the molecule is CN(C)CC(C)(O)CNCC(=O)NC1CCCC1. The number of likely N-dealkylation sites (N-methyl/N-ethyl adjacent to an activating group) is 1. The van der Waals surface area contributed by atoms with Gasteiger partial charge in [-0.1, -0.05) is 12.8 Å². The van der Waals surface area contributed by atoms with Crippen LogP contribution < -0.4 is 10.6 Å². The smallest absolute Gasteiger partial charge is 0.234 e. The van der Waals surface area contributed by atoms with Gasteiger partial charge in [0.2, 0.25) is 5.91 Å². The van der Waals surface area contributed by atoms with Crippen LogP contribution in [0, 0.1) is 0 Å². The van der Waals surface area contributed by atoms with Gasteiger partial charge in [0.15, 0.2) is 0 Å². The summed E-state index contributed by atoms with van der Waals surface area (Å²) < 4.78 is 0. The van der Waals surface area contributed by atoms with Gasteiger partial charge in [0.25, 0.3) is 0 Å². The second kappa shape index (κ2) is 7.07. The van der Waals surface area contributed by atoms with Crippen LogP contribution in [0.4, 0.5) is 0 Å². The molecule has 18 heavy (non-hydrogen) atoms. The van der Waals surface area contributed by atoms with Crippen LogP contribution in [0.5, 0.6) is 0 Å². The van der Waals surface area contributed by atoms with Crippen molar-refractivity contribution in [2.45, 2.75) is 44.2 Å². The topological polar surface area (TPSA) is 64.6 Å². The predicted molar refractivity (Wildman–Crippen MR) is 72.4 cm³/mol. The summed E-state index contributed by atoms with van der Waals surface area (Å²) in [4.78, 5) is 13.6. The summed E-state index contributed by atoms with van der Waals surface area (Å²) in [6.45, 7) is 3.04. The van der Waals surface area contributed by atoms with E-state index in [1.807, 2.05) is 19.0 Å². The van der Waals surface area contributed by atoms with Crippen molar-refractivity contribution in [2.24, 2.45) is 0 Å². The number of carbonyl (C=O) groups excluding carboxylic acids is 1. The Balaban J connectivity index is 2.14. The lowest BCUT2D eigenvalue weighted by molar-refractivity contribution is -0.121. The standard InChI is InChI=1S/C13H27N3O2/c1-13(18,10-16(2)3)9-14-8-12(17)15-11-6-4-5-7-11/h11,14,18H,4-10H2,1-3H3,(H,15,17). The zero-order valence-corrected chi connectivity index (χ0v) is 11.8. The van der Waals surface area contributed by atoms with E-state index in [1.54, 1.807) is 6.92 Å². The fourth-order valence-electron chi connectivity index (χ4n) is 2.53. The van der Waals surface area contributed by atoms with Crippen molar-refractivity contribution >= 4 is 5.91 Å². The molecule has 0 bridgehead atoms. The highest BCUT2D eigenvalue weighted by atomic mass is 16.3. The predicted octanol–water partition coefficient (Wildman–Crippen LogP) is -0.0526. The molecule has 106 valence electrons. The molecule has 0 spiro atoms. The average molecular weight is 257 g/mol. The van der Waals surface area contributed by atoms with E-state index < -0.39 is 5.60 Å². The molecule has 1 fully saturated rings. The maximum atomic E-state index is 11.6. The molecule has 0 aliphatic heterocycles. The Morgan fingerprint density at radius 1 is 1.39 bits per heavy atom. The third kappa shape index (κ3) is 6.33. The summed E-state index contributed by atoms with van der Waals surface area (Å²) >= 11 is 0.